The normalized spacial score (nSPS) is 17.7. The number of rotatable bonds is 4. The van der Waals surface area contributed by atoms with Crippen LogP contribution in [0.25, 0.3) is 0 Å². The van der Waals surface area contributed by atoms with Crippen molar-refractivity contribution < 1.29 is 17.4 Å². The Balaban J connectivity index is 1.47. The third kappa shape index (κ3) is 3.78. The van der Waals surface area contributed by atoms with Crippen LogP contribution in [0.2, 0.25) is 0 Å². The average Bonchev–Trinajstić information content (AvgIpc) is 3.22. The van der Waals surface area contributed by atoms with Gasteiger partial charge in [0.1, 0.15) is 16.5 Å². The molecule has 0 unspecified atom stereocenters. The van der Waals surface area contributed by atoms with Crippen molar-refractivity contribution in [2.24, 2.45) is 25.0 Å². The molecule has 3 aromatic carbocycles. The molecular formula is C29H23N3O6S. The van der Waals surface area contributed by atoms with Crippen molar-refractivity contribution in [2.75, 3.05) is 0 Å². The standard InChI is InChI=1S/C29H23N3O6S/c1-16-8-14-19(15-9-16)39(36,37)38-18-12-10-17(11-13-18)22-23-25(20-6-4-5-7-21(20)26(23)33)30-27-24(22)28(34)32(3)29(35)31(27)2/h4-15,22-23H,1-3H3/t22-,23-/m1/s1. The second kappa shape index (κ2) is 8.74. The first-order valence-corrected chi connectivity index (χ1v) is 13.6. The zero-order chi connectivity index (χ0) is 27.6. The minimum atomic E-state index is -4.06. The molecule has 10 heteroatoms. The molecule has 0 saturated carbocycles. The molecule has 1 aromatic heterocycles. The second-order valence-corrected chi connectivity index (χ2v) is 11.3. The van der Waals surface area contributed by atoms with E-state index >= 15 is 0 Å². The van der Waals surface area contributed by atoms with Gasteiger partial charge in [-0.05, 0) is 36.8 Å². The molecule has 0 saturated heterocycles. The van der Waals surface area contributed by atoms with Gasteiger partial charge in [0.2, 0.25) is 0 Å². The quantitative estimate of drug-likeness (QED) is 0.366. The highest BCUT2D eigenvalue weighted by atomic mass is 32.2. The summed E-state index contributed by atoms with van der Waals surface area (Å²) in [6.07, 6.45) is 0. The molecule has 39 heavy (non-hydrogen) atoms. The molecule has 0 bridgehead atoms. The van der Waals surface area contributed by atoms with Crippen LogP contribution in [0.15, 0.2) is 92.3 Å². The fourth-order valence-corrected chi connectivity index (χ4v) is 6.27. The van der Waals surface area contributed by atoms with E-state index in [2.05, 4.69) is 4.99 Å². The Morgan fingerprint density at radius 2 is 1.44 bits per heavy atom. The lowest BCUT2D eigenvalue weighted by atomic mass is 9.76. The number of hydrogen-bond donors (Lipinski definition) is 0. The summed E-state index contributed by atoms with van der Waals surface area (Å²) in [5.41, 5.74) is 2.35. The summed E-state index contributed by atoms with van der Waals surface area (Å²) in [6.45, 7) is 1.86. The molecule has 0 spiro atoms. The Bertz CT molecular complexity index is 1940. The molecule has 196 valence electrons. The fraction of sp³-hybridized carbons (Fsp3) is 0.172. The number of carbonyl (C=O) groups excluding carboxylic acids is 1. The lowest BCUT2D eigenvalue weighted by Gasteiger charge is -2.30. The van der Waals surface area contributed by atoms with Crippen molar-refractivity contribution in [2.45, 2.75) is 17.7 Å². The van der Waals surface area contributed by atoms with E-state index < -0.39 is 33.2 Å². The number of hydrogen-bond acceptors (Lipinski definition) is 7. The molecule has 0 amide bonds. The monoisotopic (exact) mass is 541 g/mol. The summed E-state index contributed by atoms with van der Waals surface area (Å²) in [4.78, 5) is 44.5. The maximum absolute atomic E-state index is 13.6. The van der Waals surface area contributed by atoms with Crippen LogP contribution in [0.1, 0.15) is 38.5 Å². The van der Waals surface area contributed by atoms with Crippen molar-refractivity contribution in [3.05, 3.63) is 121 Å². The van der Waals surface area contributed by atoms with Crippen molar-refractivity contribution in [1.29, 1.82) is 0 Å². The SMILES string of the molecule is Cc1ccc(S(=O)(=O)Oc2ccc([C@H]3c4c(n(C)c(=O)n(C)c4=O)N=C4c5ccccc5C(=O)[C@@H]43)cc2)cc1. The molecule has 2 atom stereocenters. The van der Waals surface area contributed by atoms with E-state index in [0.29, 0.717) is 22.4 Å². The highest BCUT2D eigenvalue weighted by Crippen LogP contribution is 2.46. The second-order valence-electron chi connectivity index (χ2n) is 9.72. The number of fused-ring (bicyclic) bond motifs is 4. The molecule has 1 aliphatic heterocycles. The number of aryl methyl sites for hydroxylation is 1. The van der Waals surface area contributed by atoms with E-state index in [9.17, 15) is 22.8 Å². The number of nitrogens with zero attached hydrogens (tertiary/aromatic N) is 3. The molecule has 0 fully saturated rings. The molecule has 0 radical (unpaired) electrons. The van der Waals surface area contributed by atoms with Gasteiger partial charge in [-0.3, -0.25) is 18.7 Å². The molecule has 2 heterocycles. The van der Waals surface area contributed by atoms with Gasteiger partial charge in [-0.1, -0.05) is 54.1 Å². The van der Waals surface area contributed by atoms with E-state index in [1.54, 1.807) is 42.5 Å². The van der Waals surface area contributed by atoms with Crippen LogP contribution in [0.4, 0.5) is 5.82 Å². The van der Waals surface area contributed by atoms with Gasteiger partial charge in [0.25, 0.3) is 5.56 Å². The first-order chi connectivity index (χ1) is 18.6. The number of aromatic nitrogens is 2. The Hall–Kier alpha value is -4.57. The topological polar surface area (TPSA) is 117 Å². The highest BCUT2D eigenvalue weighted by molar-refractivity contribution is 7.87. The molecule has 9 nitrogen and oxygen atoms in total. The molecule has 6 rings (SSSR count). The summed E-state index contributed by atoms with van der Waals surface area (Å²) in [6, 6.07) is 19.7. The molecule has 4 aromatic rings. The summed E-state index contributed by atoms with van der Waals surface area (Å²) in [5.74, 6) is -1.41. The zero-order valence-electron chi connectivity index (χ0n) is 21.3. The van der Waals surface area contributed by atoms with Crippen LogP contribution in [-0.4, -0.2) is 29.0 Å². The van der Waals surface area contributed by atoms with E-state index in [-0.39, 0.29) is 27.8 Å². The van der Waals surface area contributed by atoms with Gasteiger partial charge in [-0.2, -0.15) is 8.42 Å². The Morgan fingerprint density at radius 1 is 0.795 bits per heavy atom. The fourth-order valence-electron chi connectivity index (χ4n) is 5.34. The lowest BCUT2D eigenvalue weighted by molar-refractivity contribution is 0.0953. The predicted molar refractivity (Wildman–Crippen MR) is 145 cm³/mol. The number of carbonyl (C=O) groups is 1. The van der Waals surface area contributed by atoms with Crippen LogP contribution in [0, 0.1) is 12.8 Å². The van der Waals surface area contributed by atoms with Gasteiger partial charge < -0.3 is 4.18 Å². The van der Waals surface area contributed by atoms with Gasteiger partial charge in [0.05, 0.1) is 17.2 Å². The summed E-state index contributed by atoms with van der Waals surface area (Å²) in [5, 5.41) is 0. The first kappa shape index (κ1) is 24.7. The number of Topliss-reactive ketones (excluding diaryl/α,β-unsaturated/α-hetero) is 1. The van der Waals surface area contributed by atoms with Crippen molar-refractivity contribution in [3.63, 3.8) is 0 Å². The van der Waals surface area contributed by atoms with Crippen LogP contribution >= 0.6 is 0 Å². The first-order valence-electron chi connectivity index (χ1n) is 12.2. The van der Waals surface area contributed by atoms with E-state index in [0.717, 1.165) is 10.1 Å². The zero-order valence-corrected chi connectivity index (χ0v) is 22.1. The van der Waals surface area contributed by atoms with Gasteiger partial charge in [-0.15, -0.1) is 0 Å². The molecule has 0 N–H and O–H groups in total. The predicted octanol–water partition coefficient (Wildman–Crippen LogP) is 3.24. The maximum atomic E-state index is 13.6. The number of benzene rings is 3. The van der Waals surface area contributed by atoms with Crippen molar-refractivity contribution >= 4 is 27.4 Å². The van der Waals surface area contributed by atoms with E-state index in [1.165, 1.54) is 42.9 Å². The third-order valence-corrected chi connectivity index (χ3v) is 8.60. The van der Waals surface area contributed by atoms with Gasteiger partial charge >= 0.3 is 15.8 Å². The lowest BCUT2D eigenvalue weighted by Crippen LogP contribution is -2.43. The van der Waals surface area contributed by atoms with Crippen molar-refractivity contribution in [3.8, 4) is 5.75 Å². The van der Waals surface area contributed by atoms with Crippen molar-refractivity contribution in [1.82, 2.24) is 9.13 Å². The smallest absolute Gasteiger partial charge is 0.339 e. The third-order valence-electron chi connectivity index (χ3n) is 7.34. The maximum Gasteiger partial charge on any atom is 0.339 e. The van der Waals surface area contributed by atoms with Crippen LogP contribution in [-0.2, 0) is 24.2 Å². The molecule has 2 aliphatic rings. The Labute approximate surface area is 223 Å². The van der Waals surface area contributed by atoms with Crippen LogP contribution in [0.3, 0.4) is 0 Å². The number of ketones is 1. The average molecular weight is 542 g/mol. The van der Waals surface area contributed by atoms with Gasteiger partial charge in [-0.25, -0.2) is 9.79 Å². The summed E-state index contributed by atoms with van der Waals surface area (Å²) < 4.78 is 33.2. The van der Waals surface area contributed by atoms with Gasteiger partial charge in [0.15, 0.2) is 5.78 Å². The Morgan fingerprint density at radius 3 is 2.10 bits per heavy atom. The minimum Gasteiger partial charge on any atom is -0.379 e. The van der Waals surface area contributed by atoms with Gasteiger partial charge in [0, 0.05) is 31.1 Å². The highest BCUT2D eigenvalue weighted by Gasteiger charge is 2.47. The Kier molecular flexibility index (Phi) is 5.55. The van der Waals surface area contributed by atoms with Crippen LogP contribution in [0.5, 0.6) is 5.75 Å². The minimum absolute atomic E-state index is 0.0259. The summed E-state index contributed by atoms with van der Waals surface area (Å²) >= 11 is 0. The molecular weight excluding hydrogens is 518 g/mol. The van der Waals surface area contributed by atoms with E-state index in [4.69, 9.17) is 4.18 Å². The largest absolute Gasteiger partial charge is 0.379 e. The summed E-state index contributed by atoms with van der Waals surface area (Å²) in [7, 11) is -1.14. The molecule has 1 aliphatic carbocycles. The number of aliphatic imine (C=N–C) groups is 1. The van der Waals surface area contributed by atoms with Crippen LogP contribution < -0.4 is 15.4 Å². The van der Waals surface area contributed by atoms with E-state index in [1.807, 2.05) is 13.0 Å².